The predicted molar refractivity (Wildman–Crippen MR) is 512 cm³/mol. The largest absolute Gasteiger partial charge is 0.508 e. The Morgan fingerprint density at radius 3 is 0.919 bits per heavy atom. The molecule has 4 unspecified atom stereocenters. The zero-order valence-corrected chi connectivity index (χ0v) is 79.0. The molecule has 0 spiro atoms. The van der Waals surface area contributed by atoms with Crippen LogP contribution in [0, 0.1) is 0 Å². The van der Waals surface area contributed by atoms with E-state index in [-0.39, 0.29) is 204 Å². The molecular formula is C101H128Cl2N8O24. The van der Waals surface area contributed by atoms with Crippen LogP contribution in [0.25, 0.3) is 0 Å². The summed E-state index contributed by atoms with van der Waals surface area (Å²) in [5.41, 5.74) is 2.40. The van der Waals surface area contributed by atoms with Gasteiger partial charge in [-0.25, -0.2) is 19.2 Å². The molecule has 12 rings (SSSR count). The van der Waals surface area contributed by atoms with Gasteiger partial charge in [-0.15, -0.1) is 0 Å². The van der Waals surface area contributed by atoms with E-state index in [0.29, 0.717) is 72.7 Å². The van der Waals surface area contributed by atoms with E-state index >= 15 is 0 Å². The lowest BCUT2D eigenvalue weighted by Gasteiger charge is -2.34. The molecule has 0 bridgehead atoms. The molecule has 34 heteroatoms. The molecule has 730 valence electrons. The molecule has 8 aliphatic heterocycles. The van der Waals surface area contributed by atoms with Crippen LogP contribution in [0.3, 0.4) is 0 Å². The standard InChI is InChI=1S/C26H34N2O6.2C25H31ClN2O6.C25H32N2O6/c1-2-21-12-8-9-13-28(21)24(31)18-34-27-20-11-7-5-3-4-6-10-14-33-26(32)25-19(15-20)16-22(29)17-23(25)30;2*1-17-10-7-8-12-28(17)22(31)16-34-27-18-11-6-4-2-3-5-9-13-33-25(32)23-19(14-18)24(26)21(30)15-20(23)29;1-18-10-7-8-12-27(18)23(30)17-33-26-20-11-6-4-2-3-5-9-13-32-25(31)24-19(14-20)15-21(28)16-22(24)29/h4,6-7,11,16-17,21,29-30H,2-3,5,8-10,12-15,18H2,1H3;2*3,5-6,11,15,17,29-30H,2,4,7-10,12-14,16H2,1H3;3,5-6,11,15-16,18,28-29H,2,4,7-10,12-14,17H2,1H3/b6-4+,11-7+,27-20+;5-3+,11-6+,27-18+;5-3+,11-6+,27-18-;5-3+,11-6+,26-20-. The number of piperidine rings is 4. The molecule has 8 aliphatic rings. The lowest BCUT2D eigenvalue weighted by atomic mass is 9.99. The van der Waals surface area contributed by atoms with Crippen molar-refractivity contribution in [2.24, 2.45) is 20.6 Å². The smallest absolute Gasteiger partial charge is 0.342 e. The summed E-state index contributed by atoms with van der Waals surface area (Å²) < 4.78 is 21.2. The average Bonchev–Trinajstić information content (AvgIpc) is 0.807. The molecule has 4 atom stereocenters. The van der Waals surface area contributed by atoms with Gasteiger partial charge in [0.2, 0.25) is 0 Å². The number of esters is 4. The van der Waals surface area contributed by atoms with Crippen LogP contribution in [0.5, 0.6) is 46.0 Å². The second-order valence-electron chi connectivity index (χ2n) is 33.7. The molecule has 4 saturated heterocycles. The number of cyclic esters (lactones) is 4. The van der Waals surface area contributed by atoms with Gasteiger partial charge in [0, 0.05) is 100 Å². The van der Waals surface area contributed by atoms with Crippen molar-refractivity contribution in [3.05, 3.63) is 188 Å². The molecule has 4 amide bonds. The number of benzene rings is 4. The van der Waals surface area contributed by atoms with Crippen LogP contribution in [0.15, 0.2) is 154 Å². The van der Waals surface area contributed by atoms with Gasteiger partial charge in [-0.1, -0.05) is 124 Å². The van der Waals surface area contributed by atoms with E-state index in [2.05, 4.69) is 27.5 Å². The summed E-state index contributed by atoms with van der Waals surface area (Å²) in [7, 11) is 0. The maximum absolute atomic E-state index is 12.7. The topological polar surface area (TPSA) is 435 Å². The fraction of sp³-hybridized carbons (Fsp3) is 0.485. The molecule has 8 N–H and O–H groups in total. The monoisotopic (exact) mass is 1910 g/mol. The number of aromatic hydroxyl groups is 8. The van der Waals surface area contributed by atoms with Crippen LogP contribution in [-0.4, -0.2) is 234 Å². The van der Waals surface area contributed by atoms with Crippen molar-refractivity contribution < 1.29 is 118 Å². The van der Waals surface area contributed by atoms with E-state index in [1.165, 1.54) is 12.1 Å². The quantitative estimate of drug-likeness (QED) is 0.0267. The molecule has 4 aromatic rings. The zero-order chi connectivity index (χ0) is 97.0. The first-order chi connectivity index (χ1) is 65.2. The number of phenolic OH excluding ortho intramolecular Hbond substituents is 8. The fourth-order valence-corrected chi connectivity index (χ4v) is 16.8. The highest BCUT2D eigenvalue weighted by Crippen LogP contribution is 2.40. The predicted octanol–water partition coefficient (Wildman–Crippen LogP) is 17.2. The first-order valence-corrected chi connectivity index (χ1v) is 47.4. The highest BCUT2D eigenvalue weighted by atomic mass is 35.5. The van der Waals surface area contributed by atoms with Crippen molar-refractivity contribution in [1.82, 2.24) is 19.6 Å². The normalized spacial score (nSPS) is 22.9. The third kappa shape index (κ3) is 34.1. The lowest BCUT2D eigenvalue weighted by molar-refractivity contribution is -0.140. The van der Waals surface area contributed by atoms with Crippen molar-refractivity contribution in [3.8, 4) is 46.0 Å². The highest BCUT2D eigenvalue weighted by molar-refractivity contribution is 6.34. The minimum absolute atomic E-state index is 0.0184. The van der Waals surface area contributed by atoms with E-state index in [4.69, 9.17) is 61.5 Å². The molecule has 0 aromatic heterocycles. The number of hydrogen-bond donors (Lipinski definition) is 8. The van der Waals surface area contributed by atoms with E-state index < -0.39 is 35.4 Å². The summed E-state index contributed by atoms with van der Waals surface area (Å²) in [6.45, 7) is 10.9. The van der Waals surface area contributed by atoms with Crippen LogP contribution in [0.1, 0.15) is 252 Å². The van der Waals surface area contributed by atoms with Gasteiger partial charge in [0.15, 0.2) is 26.4 Å². The summed E-state index contributed by atoms with van der Waals surface area (Å²) in [5.74, 6) is -6.03. The molecule has 32 nitrogen and oxygen atoms in total. The number of hydrogen-bond acceptors (Lipinski definition) is 28. The van der Waals surface area contributed by atoms with Crippen LogP contribution < -0.4 is 0 Å². The maximum atomic E-state index is 12.7. The molecule has 0 saturated carbocycles. The Morgan fingerprint density at radius 2 is 0.607 bits per heavy atom. The third-order valence-corrected chi connectivity index (χ3v) is 24.4. The zero-order valence-electron chi connectivity index (χ0n) is 77.4. The number of allylic oxidation sites excluding steroid dienone is 12. The van der Waals surface area contributed by atoms with Gasteiger partial charge in [-0.3, -0.25) is 19.2 Å². The van der Waals surface area contributed by atoms with Gasteiger partial charge in [0.1, 0.15) is 68.2 Å². The van der Waals surface area contributed by atoms with E-state index in [1.54, 1.807) is 34.1 Å². The summed E-state index contributed by atoms with van der Waals surface area (Å²) in [6, 6.07) is 7.78. The third-order valence-electron chi connectivity index (χ3n) is 23.5. The number of nitrogens with zero attached hydrogens (tertiary/aromatic N) is 8. The number of carbonyl (C=O) groups excluding carboxylic acids is 8. The first kappa shape index (κ1) is 106. The molecule has 8 heterocycles. The number of rotatable bonds is 13. The second kappa shape index (κ2) is 56.6. The molecule has 4 fully saturated rings. The number of likely N-dealkylation sites (tertiary alicyclic amines) is 4. The minimum Gasteiger partial charge on any atom is -0.508 e. The lowest BCUT2D eigenvalue weighted by Crippen LogP contribution is -2.44. The summed E-state index contributed by atoms with van der Waals surface area (Å²) in [4.78, 5) is 130. The van der Waals surface area contributed by atoms with Gasteiger partial charge in [-0.05, 0) is 240 Å². The molecule has 0 aliphatic carbocycles. The Labute approximate surface area is 798 Å². The number of ether oxygens (including phenoxy) is 4. The van der Waals surface area contributed by atoms with E-state index in [1.807, 2.05) is 103 Å². The van der Waals surface area contributed by atoms with Crippen molar-refractivity contribution in [1.29, 1.82) is 0 Å². The summed E-state index contributed by atoms with van der Waals surface area (Å²) >= 11 is 12.6. The van der Waals surface area contributed by atoms with E-state index in [0.717, 1.165) is 172 Å². The SMILES string of the molecule is CC1CCCCN1C(=O)CO/N=C1/C=C/CC/C=C/CCOC(=O)c2c(O)cc(O)c(Cl)c2C1.CC1CCCCN1C(=O)CO/N=C1/C=C/CC/C=C/CCOC(=O)c2c(O)cc(O)cc2C1.CC1CCCCN1C(=O)CO/N=C1\C=C\CC/C=C/CCOC(=O)c2c(O)cc(O)c(Cl)c2C1.CCC1CCCCN1C(=O)CO/N=C1\C=C\CC/C=C/CCOC(=O)c2c(O)cc(O)cc2C1. The Balaban J connectivity index is 0.000000202. The van der Waals surface area contributed by atoms with Crippen molar-refractivity contribution >= 4 is 93.6 Å². The Hall–Kier alpha value is -12.6. The van der Waals surface area contributed by atoms with Crippen LogP contribution in [0.2, 0.25) is 10.0 Å². The fourth-order valence-electron chi connectivity index (χ4n) is 16.4. The van der Waals surface area contributed by atoms with Crippen LogP contribution >= 0.6 is 23.2 Å². The maximum Gasteiger partial charge on any atom is 0.342 e. The second-order valence-corrected chi connectivity index (χ2v) is 34.5. The summed E-state index contributed by atoms with van der Waals surface area (Å²) in [6.07, 6.45) is 52.3. The van der Waals surface area contributed by atoms with Gasteiger partial charge >= 0.3 is 23.9 Å². The van der Waals surface area contributed by atoms with Gasteiger partial charge in [-0.2, -0.15) is 0 Å². The Kier molecular flexibility index (Phi) is 44.5. The number of oxime groups is 4. The Morgan fingerprint density at radius 1 is 0.341 bits per heavy atom. The number of fused-ring (bicyclic) bond motifs is 4. The minimum atomic E-state index is -0.752. The molecule has 0 radical (unpaired) electrons. The number of carbonyl (C=O) groups is 8. The van der Waals surface area contributed by atoms with E-state index in [9.17, 15) is 79.2 Å². The molecule has 135 heavy (non-hydrogen) atoms. The highest BCUT2D eigenvalue weighted by Gasteiger charge is 2.32. The van der Waals surface area contributed by atoms with Crippen LogP contribution in [0.4, 0.5) is 0 Å². The number of phenols is 8. The van der Waals surface area contributed by atoms with Crippen molar-refractivity contribution in [2.75, 3.05) is 79.0 Å². The van der Waals surface area contributed by atoms with Gasteiger partial charge in [0.05, 0.1) is 59.3 Å². The van der Waals surface area contributed by atoms with Crippen molar-refractivity contribution in [3.63, 3.8) is 0 Å². The first-order valence-electron chi connectivity index (χ1n) is 46.7. The Bertz CT molecular complexity index is 4950. The van der Waals surface area contributed by atoms with Gasteiger partial charge < -0.3 is 98.7 Å². The number of halogens is 2. The molecule has 4 aromatic carbocycles. The number of amides is 4. The van der Waals surface area contributed by atoms with Gasteiger partial charge in [0.25, 0.3) is 23.6 Å². The molecular weight excluding hydrogens is 1780 g/mol. The summed E-state index contributed by atoms with van der Waals surface area (Å²) in [5, 5.41) is 98.0. The van der Waals surface area contributed by atoms with Crippen LogP contribution in [-0.2, 0) is 83.2 Å². The average molecular weight is 1910 g/mol. The van der Waals surface area contributed by atoms with Crippen molar-refractivity contribution in [2.45, 2.75) is 238 Å².